The second-order valence-corrected chi connectivity index (χ2v) is 9.57. The van der Waals surface area contributed by atoms with Crippen LogP contribution in [0.3, 0.4) is 0 Å². The Kier molecular flexibility index (Phi) is 7.32. The van der Waals surface area contributed by atoms with Crippen LogP contribution in [0, 0.1) is 0 Å². The molecule has 31 heavy (non-hydrogen) atoms. The highest BCUT2D eigenvalue weighted by Gasteiger charge is 2.18. The van der Waals surface area contributed by atoms with Gasteiger partial charge >= 0.3 is 0 Å². The minimum atomic E-state index is -1.30. The third kappa shape index (κ3) is 5.43. The largest absolute Gasteiger partial charge is 0.347 e. The summed E-state index contributed by atoms with van der Waals surface area (Å²) in [7, 11) is 0. The number of aromatic nitrogens is 2. The van der Waals surface area contributed by atoms with Gasteiger partial charge in [-0.2, -0.15) is 0 Å². The maximum Gasteiger partial charge on any atom is 0.130 e. The molecule has 0 bridgehead atoms. The summed E-state index contributed by atoms with van der Waals surface area (Å²) in [4.78, 5) is 4.96. The summed E-state index contributed by atoms with van der Waals surface area (Å²) in [5, 5.41) is 5.70. The quantitative estimate of drug-likeness (QED) is 0.413. The number of allylic oxidation sites excluding steroid dienone is 1. The van der Waals surface area contributed by atoms with Gasteiger partial charge in [0, 0.05) is 34.3 Å². The SMILES string of the molecule is C=C/C=c1\c(=C(C)C)c(-c2nc(CCc3ccc(C(C)(C)F)cc3)cs2)cn1CCC. The first-order chi connectivity index (χ1) is 14.7. The van der Waals surface area contributed by atoms with E-state index in [-0.39, 0.29) is 0 Å². The number of nitrogens with zero attached hydrogens (tertiary/aromatic N) is 2. The van der Waals surface area contributed by atoms with Crippen molar-refractivity contribution in [3.63, 3.8) is 0 Å². The molecule has 0 saturated carbocycles. The van der Waals surface area contributed by atoms with E-state index in [0.29, 0.717) is 0 Å². The highest BCUT2D eigenvalue weighted by atomic mass is 32.1. The second kappa shape index (κ2) is 9.78. The van der Waals surface area contributed by atoms with Crippen molar-refractivity contribution in [2.45, 2.75) is 66.1 Å². The summed E-state index contributed by atoms with van der Waals surface area (Å²) in [6.07, 6.45) is 9.05. The fourth-order valence-corrected chi connectivity index (χ4v) is 4.73. The van der Waals surface area contributed by atoms with Crippen LogP contribution >= 0.6 is 11.3 Å². The minimum absolute atomic E-state index is 0.717. The Hall–Kier alpha value is -2.46. The normalized spacial score (nSPS) is 12.4. The topological polar surface area (TPSA) is 17.8 Å². The van der Waals surface area contributed by atoms with Gasteiger partial charge in [0.2, 0.25) is 0 Å². The third-order valence-corrected chi connectivity index (χ3v) is 6.38. The Bertz CT molecular complexity index is 1150. The van der Waals surface area contributed by atoms with Crippen molar-refractivity contribution in [3.8, 4) is 10.6 Å². The molecule has 2 nitrogen and oxygen atoms in total. The molecule has 164 valence electrons. The Morgan fingerprint density at radius 3 is 2.48 bits per heavy atom. The molecule has 1 aromatic carbocycles. The van der Waals surface area contributed by atoms with Gasteiger partial charge in [-0.05, 0) is 64.2 Å². The van der Waals surface area contributed by atoms with E-state index in [2.05, 4.69) is 49.6 Å². The predicted octanol–water partition coefficient (Wildman–Crippen LogP) is 6.17. The zero-order valence-corrected chi connectivity index (χ0v) is 20.2. The minimum Gasteiger partial charge on any atom is -0.347 e. The van der Waals surface area contributed by atoms with E-state index >= 15 is 0 Å². The Morgan fingerprint density at radius 2 is 1.90 bits per heavy atom. The molecule has 0 aliphatic carbocycles. The lowest BCUT2D eigenvalue weighted by Gasteiger charge is -2.14. The van der Waals surface area contributed by atoms with Crippen LogP contribution in [0.15, 0.2) is 48.5 Å². The summed E-state index contributed by atoms with van der Waals surface area (Å²) in [5.74, 6) is 0. The summed E-state index contributed by atoms with van der Waals surface area (Å²) < 4.78 is 16.4. The van der Waals surface area contributed by atoms with Crippen LogP contribution in [-0.4, -0.2) is 9.55 Å². The standard InChI is InChI=1S/C27H33FN2S/c1-7-9-24-25(19(3)4)23(17-30(24)16-8-2)26-29-22(18-31-26)15-12-20-10-13-21(14-11-20)27(5,6)28/h7,9-11,13-14,17-18H,1,8,12,15-16H2,2-6H3/b24-9+. The van der Waals surface area contributed by atoms with E-state index in [1.807, 2.05) is 30.3 Å². The van der Waals surface area contributed by atoms with Crippen molar-refractivity contribution in [3.05, 3.63) is 75.9 Å². The molecule has 0 atom stereocenters. The fourth-order valence-electron chi connectivity index (χ4n) is 3.86. The van der Waals surface area contributed by atoms with Crippen molar-refractivity contribution in [1.29, 1.82) is 0 Å². The van der Waals surface area contributed by atoms with Gasteiger partial charge in [-0.1, -0.05) is 49.4 Å². The van der Waals surface area contributed by atoms with Crippen LogP contribution in [0.2, 0.25) is 0 Å². The summed E-state index contributed by atoms with van der Waals surface area (Å²) in [6, 6.07) is 7.84. The molecule has 0 radical (unpaired) electrons. The average molecular weight is 437 g/mol. The number of hydrogen-bond donors (Lipinski definition) is 0. The van der Waals surface area contributed by atoms with Crippen molar-refractivity contribution in [2.75, 3.05) is 0 Å². The smallest absolute Gasteiger partial charge is 0.130 e. The van der Waals surface area contributed by atoms with Crippen molar-refractivity contribution in [2.24, 2.45) is 0 Å². The zero-order chi connectivity index (χ0) is 22.6. The lowest BCUT2D eigenvalue weighted by molar-refractivity contribution is 0.221. The van der Waals surface area contributed by atoms with Crippen LogP contribution in [-0.2, 0) is 25.1 Å². The van der Waals surface area contributed by atoms with Gasteiger partial charge in [0.25, 0.3) is 0 Å². The van der Waals surface area contributed by atoms with Gasteiger partial charge in [0.05, 0.1) is 5.69 Å². The molecule has 0 amide bonds. The lowest BCUT2D eigenvalue weighted by Crippen LogP contribution is -2.30. The van der Waals surface area contributed by atoms with Gasteiger partial charge in [0.15, 0.2) is 0 Å². The molecule has 2 aromatic heterocycles. The fraction of sp³-hybridized carbons (Fsp3) is 0.370. The molecule has 0 saturated heterocycles. The molecule has 3 aromatic rings. The Balaban J connectivity index is 1.86. The van der Waals surface area contributed by atoms with Crippen LogP contribution < -0.4 is 10.6 Å². The first-order valence-corrected chi connectivity index (χ1v) is 11.8. The van der Waals surface area contributed by atoms with Gasteiger partial charge < -0.3 is 4.57 Å². The van der Waals surface area contributed by atoms with Crippen molar-refractivity contribution >= 4 is 23.0 Å². The van der Waals surface area contributed by atoms with Gasteiger partial charge in [-0.25, -0.2) is 9.37 Å². The van der Waals surface area contributed by atoms with Crippen LogP contribution in [0.4, 0.5) is 4.39 Å². The van der Waals surface area contributed by atoms with E-state index in [1.54, 1.807) is 25.2 Å². The van der Waals surface area contributed by atoms with E-state index in [0.717, 1.165) is 42.1 Å². The number of halogens is 1. The van der Waals surface area contributed by atoms with Crippen LogP contribution in [0.25, 0.3) is 22.2 Å². The molecule has 0 N–H and O–H groups in total. The lowest BCUT2D eigenvalue weighted by atomic mass is 9.98. The Labute approximate surface area is 189 Å². The average Bonchev–Trinajstić information content (AvgIpc) is 3.32. The second-order valence-electron chi connectivity index (χ2n) is 8.71. The van der Waals surface area contributed by atoms with E-state index in [1.165, 1.54) is 27.3 Å². The van der Waals surface area contributed by atoms with Crippen molar-refractivity contribution < 1.29 is 4.39 Å². The maximum absolute atomic E-state index is 14.1. The molecule has 0 aliphatic rings. The Morgan fingerprint density at radius 1 is 1.19 bits per heavy atom. The predicted molar refractivity (Wildman–Crippen MR) is 132 cm³/mol. The van der Waals surface area contributed by atoms with Gasteiger partial charge in [-0.3, -0.25) is 0 Å². The molecular formula is C27H33FN2S. The summed E-state index contributed by atoms with van der Waals surface area (Å²) >= 11 is 1.71. The molecule has 0 unspecified atom stereocenters. The first kappa shape index (κ1) is 23.2. The number of benzene rings is 1. The molecule has 3 rings (SSSR count). The number of rotatable bonds is 8. The van der Waals surface area contributed by atoms with E-state index < -0.39 is 5.67 Å². The highest BCUT2D eigenvalue weighted by molar-refractivity contribution is 7.13. The summed E-state index contributed by atoms with van der Waals surface area (Å²) in [5.41, 5.74) is 4.21. The first-order valence-electron chi connectivity index (χ1n) is 11.0. The molecule has 2 heterocycles. The van der Waals surface area contributed by atoms with E-state index in [4.69, 9.17) is 4.98 Å². The number of hydrogen-bond acceptors (Lipinski definition) is 2. The molecule has 4 heteroatoms. The van der Waals surface area contributed by atoms with Crippen LogP contribution in [0.5, 0.6) is 0 Å². The highest BCUT2D eigenvalue weighted by Crippen LogP contribution is 2.25. The molecular weight excluding hydrogens is 403 g/mol. The number of alkyl halides is 1. The molecule has 0 aliphatic heterocycles. The van der Waals surface area contributed by atoms with Gasteiger partial charge in [-0.15, -0.1) is 11.3 Å². The zero-order valence-electron chi connectivity index (χ0n) is 19.3. The van der Waals surface area contributed by atoms with E-state index in [9.17, 15) is 4.39 Å². The number of thiazole rings is 1. The third-order valence-electron chi connectivity index (χ3n) is 5.45. The van der Waals surface area contributed by atoms with Gasteiger partial charge in [0.1, 0.15) is 10.7 Å². The van der Waals surface area contributed by atoms with Crippen LogP contribution in [0.1, 0.15) is 57.9 Å². The summed E-state index contributed by atoms with van der Waals surface area (Å²) in [6.45, 7) is 14.6. The van der Waals surface area contributed by atoms with Crippen molar-refractivity contribution in [1.82, 2.24) is 9.55 Å². The monoisotopic (exact) mass is 436 g/mol. The molecule has 0 spiro atoms. The maximum atomic E-state index is 14.1. The molecule has 0 fully saturated rings. The number of aryl methyl sites for hydroxylation is 3.